The molecular weight excluding hydrogens is 397 g/mol. The molecule has 0 aliphatic carbocycles. The summed E-state index contributed by atoms with van der Waals surface area (Å²) in [6.07, 6.45) is 5.20. The topological polar surface area (TPSA) is 43.1 Å². The molecule has 0 atom stereocenters. The van der Waals surface area contributed by atoms with E-state index in [1.807, 2.05) is 39.8 Å². The van der Waals surface area contributed by atoms with Crippen LogP contribution in [0.15, 0.2) is 9.50 Å². The molecule has 0 aliphatic rings. The predicted molar refractivity (Wildman–Crippen MR) is 115 cm³/mol. The van der Waals surface area contributed by atoms with Gasteiger partial charge in [0, 0.05) is 23.0 Å². The first-order valence-electron chi connectivity index (χ1n) is 8.48. The molecule has 2 aromatic heterocycles. The van der Waals surface area contributed by atoms with Crippen LogP contribution in [0, 0.1) is 0 Å². The molecule has 9 heteroatoms. The minimum Gasteiger partial charge on any atom is -0.176 e. The molecule has 24 heavy (non-hydrogen) atoms. The van der Waals surface area contributed by atoms with Gasteiger partial charge >= 0.3 is 0 Å². The lowest BCUT2D eigenvalue weighted by molar-refractivity contribution is 0.794. The number of unbranched alkanes of at least 4 members (excludes halogenated alkanes) is 2. The largest absolute Gasteiger partial charge is 0.236 e. The van der Waals surface area contributed by atoms with Crippen molar-refractivity contribution in [2.24, 2.45) is 0 Å². The first kappa shape index (κ1) is 20.7. The lowest BCUT2D eigenvalue weighted by Gasteiger charge is -1.99. The van der Waals surface area contributed by atoms with Gasteiger partial charge in [0.1, 0.15) is 0 Å². The fourth-order valence-corrected chi connectivity index (χ4v) is 7.00. The van der Waals surface area contributed by atoms with Crippen LogP contribution < -0.4 is 0 Å². The highest BCUT2D eigenvalue weighted by Crippen LogP contribution is 2.28. The number of fused-ring (bicyclic) bond motifs is 1. The molecule has 0 N–H and O–H groups in total. The average molecular weight is 423 g/mol. The van der Waals surface area contributed by atoms with Crippen LogP contribution in [0.5, 0.6) is 0 Å². The van der Waals surface area contributed by atoms with Gasteiger partial charge in [-0.25, -0.2) is 0 Å². The zero-order valence-corrected chi connectivity index (χ0v) is 18.5. The van der Waals surface area contributed by atoms with Crippen molar-refractivity contribution in [1.29, 1.82) is 0 Å². The lowest BCUT2D eigenvalue weighted by atomic mass is 10.4. The highest BCUT2D eigenvalue weighted by molar-refractivity contribution is 8.04. The van der Waals surface area contributed by atoms with Gasteiger partial charge in [0.05, 0.1) is 0 Å². The van der Waals surface area contributed by atoms with Crippen molar-refractivity contribution in [1.82, 2.24) is 19.8 Å². The lowest BCUT2D eigenvalue weighted by Crippen LogP contribution is -1.93. The van der Waals surface area contributed by atoms with Crippen LogP contribution in [-0.4, -0.2) is 54.3 Å². The summed E-state index contributed by atoms with van der Waals surface area (Å²) in [6.45, 7) is 4.48. The number of aromatic nitrogens is 4. The third-order valence-corrected chi connectivity index (χ3v) is 8.75. The van der Waals surface area contributed by atoms with E-state index < -0.39 is 0 Å². The van der Waals surface area contributed by atoms with Crippen molar-refractivity contribution in [2.75, 3.05) is 34.5 Å². The van der Waals surface area contributed by atoms with Crippen molar-refractivity contribution in [3.05, 3.63) is 0 Å². The maximum absolute atomic E-state index is 4.67. The molecule has 2 aromatic rings. The summed E-state index contributed by atoms with van der Waals surface area (Å²) in [4.78, 5) is 0.914. The molecule has 0 radical (unpaired) electrons. The van der Waals surface area contributed by atoms with Gasteiger partial charge in [-0.2, -0.15) is 28.0 Å². The maximum Gasteiger partial charge on any atom is 0.236 e. The summed E-state index contributed by atoms with van der Waals surface area (Å²) in [5.74, 6) is 7.10. The fourth-order valence-electron chi connectivity index (χ4n) is 1.81. The van der Waals surface area contributed by atoms with Crippen LogP contribution >= 0.6 is 58.4 Å². The monoisotopic (exact) mass is 422 g/mol. The zero-order valence-electron chi connectivity index (χ0n) is 14.4. The minimum atomic E-state index is 0.914. The van der Waals surface area contributed by atoms with Gasteiger partial charge in [-0.15, -0.1) is 15.3 Å². The highest BCUT2D eigenvalue weighted by Gasteiger charge is 2.12. The third kappa shape index (κ3) is 7.35. The Morgan fingerprint density at radius 3 is 2.17 bits per heavy atom. The highest BCUT2D eigenvalue weighted by atomic mass is 32.2. The molecule has 0 aliphatic heterocycles. The fraction of sp³-hybridized carbons (Fsp3) is 0.800. The maximum atomic E-state index is 4.67. The number of rotatable bonds is 14. The molecule has 0 fully saturated rings. The second-order valence-electron chi connectivity index (χ2n) is 5.17. The van der Waals surface area contributed by atoms with Crippen molar-refractivity contribution < 1.29 is 0 Å². The van der Waals surface area contributed by atoms with Crippen LogP contribution in [-0.2, 0) is 0 Å². The number of thioether (sulfide) groups is 4. The van der Waals surface area contributed by atoms with Gasteiger partial charge in [-0.05, 0) is 24.3 Å². The standard InChI is InChI=1S/C15H26N4S5/c1-3-5-7-20-9-11-22-13-16-17-14-19(13)18-15(24-14)23-12-10-21-8-6-4-2/h3-12H2,1-2H3. The molecule has 0 bridgehead atoms. The Morgan fingerprint density at radius 2 is 1.50 bits per heavy atom. The summed E-state index contributed by atoms with van der Waals surface area (Å²) < 4.78 is 3.02. The van der Waals surface area contributed by atoms with Crippen molar-refractivity contribution >= 4 is 63.3 Å². The van der Waals surface area contributed by atoms with E-state index in [2.05, 4.69) is 29.1 Å². The van der Waals surface area contributed by atoms with E-state index in [4.69, 9.17) is 0 Å². The Balaban J connectivity index is 1.70. The molecule has 4 nitrogen and oxygen atoms in total. The Hall–Kier alpha value is 0.430. The molecule has 0 unspecified atom stereocenters. The Labute approximate surface area is 166 Å². The van der Waals surface area contributed by atoms with Crippen LogP contribution in [0.1, 0.15) is 39.5 Å². The molecule has 136 valence electrons. The molecule has 0 spiro atoms. The first-order valence-corrected chi connectivity index (χ1v) is 13.6. The third-order valence-electron chi connectivity index (χ3n) is 3.14. The van der Waals surface area contributed by atoms with Gasteiger partial charge in [0.2, 0.25) is 10.1 Å². The van der Waals surface area contributed by atoms with E-state index in [-0.39, 0.29) is 0 Å². The van der Waals surface area contributed by atoms with E-state index in [1.165, 1.54) is 48.7 Å². The van der Waals surface area contributed by atoms with E-state index in [0.717, 1.165) is 26.0 Å². The van der Waals surface area contributed by atoms with Gasteiger partial charge in [0.25, 0.3) is 0 Å². The summed E-state index contributed by atoms with van der Waals surface area (Å²) in [5, 5.41) is 14.1. The quantitative estimate of drug-likeness (QED) is 0.297. The summed E-state index contributed by atoms with van der Waals surface area (Å²) in [5.41, 5.74) is 0. The predicted octanol–water partition coefficient (Wildman–Crippen LogP) is 5.44. The van der Waals surface area contributed by atoms with Crippen LogP contribution in [0.4, 0.5) is 0 Å². The van der Waals surface area contributed by atoms with E-state index in [1.54, 1.807) is 23.1 Å². The second-order valence-corrected chi connectivity index (χ2v) is 11.0. The Kier molecular flexibility index (Phi) is 11.0. The average Bonchev–Trinajstić information content (AvgIpc) is 3.15. The zero-order chi connectivity index (χ0) is 17.0. The van der Waals surface area contributed by atoms with E-state index in [9.17, 15) is 0 Å². The molecule has 0 amide bonds. The van der Waals surface area contributed by atoms with E-state index in [0.29, 0.717) is 0 Å². The van der Waals surface area contributed by atoms with Crippen LogP contribution in [0.25, 0.3) is 4.96 Å². The Bertz CT molecular complexity index is 571. The van der Waals surface area contributed by atoms with Gasteiger partial charge in [-0.1, -0.05) is 61.5 Å². The van der Waals surface area contributed by atoms with Crippen LogP contribution in [0.2, 0.25) is 0 Å². The van der Waals surface area contributed by atoms with E-state index >= 15 is 0 Å². The van der Waals surface area contributed by atoms with Crippen molar-refractivity contribution in [2.45, 2.75) is 49.0 Å². The molecule has 2 heterocycles. The molecule has 0 saturated carbocycles. The molecule has 2 rings (SSSR count). The molecular formula is C15H26N4S5. The van der Waals surface area contributed by atoms with Crippen molar-refractivity contribution in [3.63, 3.8) is 0 Å². The molecule has 0 saturated heterocycles. The number of nitrogens with zero attached hydrogens (tertiary/aromatic N) is 4. The Morgan fingerprint density at radius 1 is 0.833 bits per heavy atom. The van der Waals surface area contributed by atoms with Crippen molar-refractivity contribution in [3.8, 4) is 0 Å². The van der Waals surface area contributed by atoms with Gasteiger partial charge in [0.15, 0.2) is 4.34 Å². The first-order chi connectivity index (χ1) is 11.8. The van der Waals surface area contributed by atoms with Gasteiger partial charge in [-0.3, -0.25) is 0 Å². The smallest absolute Gasteiger partial charge is 0.176 e. The number of hydrogen-bond donors (Lipinski definition) is 0. The van der Waals surface area contributed by atoms with Crippen LogP contribution in [0.3, 0.4) is 0 Å². The normalized spacial score (nSPS) is 11.6. The molecule has 0 aromatic carbocycles. The minimum absolute atomic E-state index is 0.914. The SMILES string of the molecule is CCCCSCCSc1nn2c(SCCSCCCC)nnc2s1. The summed E-state index contributed by atoms with van der Waals surface area (Å²) in [7, 11) is 0. The summed E-state index contributed by atoms with van der Waals surface area (Å²) >= 11 is 9.32. The second kappa shape index (κ2) is 12.7. The summed E-state index contributed by atoms with van der Waals surface area (Å²) in [6, 6.07) is 0. The van der Waals surface area contributed by atoms with Gasteiger partial charge < -0.3 is 0 Å². The number of hydrogen-bond acceptors (Lipinski definition) is 8.